The van der Waals surface area contributed by atoms with Gasteiger partial charge in [-0.25, -0.2) is 13.1 Å². The molecular formula is C21H21N3O6S. The minimum atomic E-state index is -3.95. The van der Waals surface area contributed by atoms with Gasteiger partial charge in [0.1, 0.15) is 18.0 Å². The standard InChI is InChI=1S/C21H21N3O6S/c1-14-5-4-6-18(9-14)31(27,28)20-7-8-21(26)24(23-20)13-19(25)22-15-10-16(29-2)12-17(11-15)30-3/h4-12H,13H2,1-3H3,(H,22,25). The Hall–Kier alpha value is -3.66. The Kier molecular flexibility index (Phi) is 6.40. The fraction of sp³-hybridized carbons (Fsp3) is 0.190. The van der Waals surface area contributed by atoms with E-state index >= 15 is 0 Å². The zero-order valence-corrected chi connectivity index (χ0v) is 18.0. The zero-order chi connectivity index (χ0) is 22.6. The number of amides is 1. The van der Waals surface area contributed by atoms with Gasteiger partial charge in [0.25, 0.3) is 5.56 Å². The summed E-state index contributed by atoms with van der Waals surface area (Å²) in [6.07, 6.45) is 0. The van der Waals surface area contributed by atoms with Gasteiger partial charge in [0.05, 0.1) is 19.1 Å². The van der Waals surface area contributed by atoms with Crippen molar-refractivity contribution < 1.29 is 22.7 Å². The van der Waals surface area contributed by atoms with Crippen molar-refractivity contribution in [3.63, 3.8) is 0 Å². The summed E-state index contributed by atoms with van der Waals surface area (Å²) in [6.45, 7) is 1.29. The van der Waals surface area contributed by atoms with Gasteiger partial charge in [0.15, 0.2) is 5.03 Å². The number of ether oxygens (including phenoxy) is 2. The maximum atomic E-state index is 12.9. The van der Waals surface area contributed by atoms with Crippen LogP contribution in [0.15, 0.2) is 69.3 Å². The van der Waals surface area contributed by atoms with Gasteiger partial charge in [-0.3, -0.25) is 9.59 Å². The summed E-state index contributed by atoms with van der Waals surface area (Å²) < 4.78 is 36.8. The van der Waals surface area contributed by atoms with Crippen molar-refractivity contribution in [1.82, 2.24) is 9.78 Å². The van der Waals surface area contributed by atoms with Gasteiger partial charge < -0.3 is 14.8 Å². The second-order valence-electron chi connectivity index (χ2n) is 6.64. The van der Waals surface area contributed by atoms with Gasteiger partial charge >= 0.3 is 0 Å². The number of rotatable bonds is 7. The molecular weight excluding hydrogens is 422 g/mol. The Morgan fingerprint density at radius 3 is 2.32 bits per heavy atom. The van der Waals surface area contributed by atoms with Gasteiger partial charge in [-0.15, -0.1) is 0 Å². The van der Waals surface area contributed by atoms with Crippen LogP contribution in [0, 0.1) is 6.92 Å². The lowest BCUT2D eigenvalue weighted by atomic mass is 10.2. The first-order valence-corrected chi connectivity index (χ1v) is 10.6. The highest BCUT2D eigenvalue weighted by Gasteiger charge is 2.21. The molecule has 0 aliphatic heterocycles. The summed E-state index contributed by atoms with van der Waals surface area (Å²) in [5.74, 6) is 0.363. The topological polar surface area (TPSA) is 117 Å². The molecule has 9 nitrogen and oxygen atoms in total. The molecule has 1 N–H and O–H groups in total. The van der Waals surface area contributed by atoms with Crippen molar-refractivity contribution in [1.29, 1.82) is 0 Å². The van der Waals surface area contributed by atoms with Gasteiger partial charge in [-0.1, -0.05) is 12.1 Å². The molecule has 1 aromatic heterocycles. The van der Waals surface area contributed by atoms with E-state index < -0.39 is 27.8 Å². The first-order chi connectivity index (χ1) is 14.7. The Morgan fingerprint density at radius 2 is 1.71 bits per heavy atom. The first-order valence-electron chi connectivity index (χ1n) is 9.16. The first kappa shape index (κ1) is 22.0. The van der Waals surface area contributed by atoms with Crippen molar-refractivity contribution >= 4 is 21.4 Å². The molecule has 1 heterocycles. The third-order valence-corrected chi connectivity index (χ3v) is 5.99. The van der Waals surface area contributed by atoms with Crippen LogP contribution in [-0.4, -0.2) is 38.3 Å². The van der Waals surface area contributed by atoms with Crippen LogP contribution in [-0.2, 0) is 21.2 Å². The average molecular weight is 443 g/mol. The minimum absolute atomic E-state index is 0.0538. The predicted molar refractivity (Wildman–Crippen MR) is 113 cm³/mol. The molecule has 0 radical (unpaired) electrons. The normalized spacial score (nSPS) is 11.1. The van der Waals surface area contributed by atoms with Gasteiger partial charge in [-0.2, -0.15) is 5.10 Å². The smallest absolute Gasteiger partial charge is 0.267 e. The summed E-state index contributed by atoms with van der Waals surface area (Å²) in [5, 5.41) is 6.20. The maximum absolute atomic E-state index is 12.9. The van der Waals surface area contributed by atoms with Gasteiger partial charge in [0, 0.05) is 30.0 Å². The van der Waals surface area contributed by atoms with E-state index in [2.05, 4.69) is 10.4 Å². The lowest BCUT2D eigenvalue weighted by Crippen LogP contribution is -2.30. The second kappa shape index (κ2) is 9.00. The van der Waals surface area contributed by atoms with E-state index in [1.807, 2.05) is 0 Å². The molecule has 31 heavy (non-hydrogen) atoms. The number of hydrogen-bond donors (Lipinski definition) is 1. The number of carbonyl (C=O) groups is 1. The van der Waals surface area contributed by atoms with Crippen molar-refractivity contribution in [3.8, 4) is 11.5 Å². The molecule has 0 unspecified atom stereocenters. The average Bonchev–Trinajstić information content (AvgIpc) is 2.74. The van der Waals surface area contributed by atoms with E-state index in [4.69, 9.17) is 9.47 Å². The molecule has 0 fully saturated rings. The lowest BCUT2D eigenvalue weighted by molar-refractivity contribution is -0.117. The zero-order valence-electron chi connectivity index (χ0n) is 17.2. The van der Waals surface area contributed by atoms with E-state index in [0.717, 1.165) is 22.4 Å². The molecule has 2 aromatic carbocycles. The fourth-order valence-corrected chi connectivity index (χ4v) is 4.10. The highest BCUT2D eigenvalue weighted by atomic mass is 32.2. The number of aryl methyl sites for hydroxylation is 1. The number of aromatic nitrogens is 2. The van der Waals surface area contributed by atoms with Crippen LogP contribution in [0.1, 0.15) is 5.56 Å². The SMILES string of the molecule is COc1cc(NC(=O)Cn2nc(S(=O)(=O)c3cccc(C)c3)ccc2=O)cc(OC)c1. The van der Waals surface area contributed by atoms with Crippen LogP contribution >= 0.6 is 0 Å². The maximum Gasteiger partial charge on any atom is 0.267 e. The Morgan fingerprint density at radius 1 is 1.03 bits per heavy atom. The molecule has 0 saturated carbocycles. The summed E-state index contributed by atoms with van der Waals surface area (Å²) in [4.78, 5) is 24.7. The van der Waals surface area contributed by atoms with E-state index in [-0.39, 0.29) is 9.92 Å². The highest BCUT2D eigenvalue weighted by Crippen LogP contribution is 2.25. The molecule has 0 spiro atoms. The van der Waals surface area contributed by atoms with Crippen LogP contribution in [0.5, 0.6) is 11.5 Å². The van der Waals surface area contributed by atoms with Crippen molar-refractivity contribution in [2.75, 3.05) is 19.5 Å². The quantitative estimate of drug-likeness (QED) is 0.594. The van der Waals surface area contributed by atoms with Crippen LogP contribution in [0.4, 0.5) is 5.69 Å². The van der Waals surface area contributed by atoms with Crippen LogP contribution in [0.2, 0.25) is 0 Å². The summed E-state index contributed by atoms with van der Waals surface area (Å²) >= 11 is 0. The third kappa shape index (κ3) is 5.10. The summed E-state index contributed by atoms with van der Waals surface area (Å²) in [6, 6.07) is 13.3. The molecule has 0 saturated heterocycles. The number of hydrogen-bond acceptors (Lipinski definition) is 7. The van der Waals surface area contributed by atoms with Crippen molar-refractivity contribution in [2.45, 2.75) is 23.4 Å². The van der Waals surface area contributed by atoms with Crippen LogP contribution in [0.3, 0.4) is 0 Å². The molecule has 0 atom stereocenters. The van der Waals surface area contributed by atoms with Crippen molar-refractivity contribution in [2.24, 2.45) is 0 Å². The number of sulfone groups is 1. The number of benzene rings is 2. The van der Waals surface area contributed by atoms with Gasteiger partial charge in [0.2, 0.25) is 15.7 Å². The monoisotopic (exact) mass is 443 g/mol. The lowest BCUT2D eigenvalue weighted by Gasteiger charge is -2.11. The Balaban J connectivity index is 1.86. The Labute approximate surface area is 179 Å². The molecule has 10 heteroatoms. The van der Waals surface area contributed by atoms with E-state index in [1.54, 1.807) is 37.3 Å². The van der Waals surface area contributed by atoms with Crippen molar-refractivity contribution in [3.05, 3.63) is 70.5 Å². The second-order valence-corrected chi connectivity index (χ2v) is 8.53. The third-order valence-electron chi connectivity index (χ3n) is 4.35. The largest absolute Gasteiger partial charge is 0.497 e. The van der Waals surface area contributed by atoms with Crippen LogP contribution < -0.4 is 20.3 Å². The van der Waals surface area contributed by atoms with E-state index in [1.165, 1.54) is 26.4 Å². The highest BCUT2D eigenvalue weighted by molar-refractivity contribution is 7.91. The molecule has 1 amide bonds. The molecule has 3 rings (SSSR count). The predicted octanol–water partition coefficient (Wildman–Crippen LogP) is 2.04. The number of anilines is 1. The number of nitrogens with zero attached hydrogens (tertiary/aromatic N) is 2. The molecule has 0 aliphatic rings. The van der Waals surface area contributed by atoms with E-state index in [0.29, 0.717) is 17.2 Å². The van der Waals surface area contributed by atoms with Gasteiger partial charge in [-0.05, 0) is 30.7 Å². The molecule has 3 aromatic rings. The fourth-order valence-electron chi connectivity index (χ4n) is 2.81. The molecule has 0 aliphatic carbocycles. The molecule has 0 bridgehead atoms. The number of carbonyl (C=O) groups excluding carboxylic acids is 1. The summed E-state index contributed by atoms with van der Waals surface area (Å²) in [5.41, 5.74) is 0.543. The van der Waals surface area contributed by atoms with Crippen LogP contribution in [0.25, 0.3) is 0 Å². The number of nitrogens with one attached hydrogen (secondary N) is 1. The number of methoxy groups -OCH3 is 2. The summed E-state index contributed by atoms with van der Waals surface area (Å²) in [7, 11) is -0.997. The molecule has 162 valence electrons. The minimum Gasteiger partial charge on any atom is -0.497 e. The van der Waals surface area contributed by atoms with E-state index in [9.17, 15) is 18.0 Å². The Bertz CT molecular complexity index is 1260.